The van der Waals surface area contributed by atoms with Gasteiger partial charge in [0, 0.05) is 24.8 Å². The van der Waals surface area contributed by atoms with Gasteiger partial charge in [-0.05, 0) is 63.4 Å². The quantitative estimate of drug-likeness (QED) is 0.873. The number of hydrogen-bond donors (Lipinski definition) is 1. The van der Waals surface area contributed by atoms with Gasteiger partial charge in [-0.15, -0.1) is 0 Å². The topological polar surface area (TPSA) is 50.3 Å². The van der Waals surface area contributed by atoms with E-state index in [2.05, 4.69) is 32.3 Å². The number of nitrogens with zero attached hydrogens (tertiary/aromatic N) is 3. The van der Waals surface area contributed by atoms with E-state index in [-0.39, 0.29) is 0 Å². The van der Waals surface area contributed by atoms with Crippen LogP contribution in [0.15, 0.2) is 30.3 Å². The lowest BCUT2D eigenvalue weighted by molar-refractivity contribution is 0.182. The molecule has 1 aliphatic heterocycles. The molecule has 1 aromatic heterocycles. The molecule has 2 heterocycles. The second-order valence-corrected chi connectivity index (χ2v) is 6.89. The molecule has 0 radical (unpaired) electrons. The Bertz CT molecular complexity index is 658. The molecule has 0 aliphatic carbocycles. The fourth-order valence-corrected chi connectivity index (χ4v) is 3.39. The molecule has 0 bridgehead atoms. The number of rotatable bonds is 6. The van der Waals surface area contributed by atoms with Crippen molar-refractivity contribution in [2.75, 3.05) is 32.1 Å². The lowest BCUT2D eigenvalue weighted by Gasteiger charge is -2.32. The maximum atomic E-state index is 5.22. The van der Waals surface area contributed by atoms with Gasteiger partial charge >= 0.3 is 0 Å². The van der Waals surface area contributed by atoms with E-state index in [9.17, 15) is 0 Å². The summed E-state index contributed by atoms with van der Waals surface area (Å²) in [4.78, 5) is 11.3. The van der Waals surface area contributed by atoms with Crippen LogP contribution in [0.3, 0.4) is 0 Å². The number of benzene rings is 1. The summed E-state index contributed by atoms with van der Waals surface area (Å²) in [5.74, 6) is 3.41. The molecule has 0 unspecified atom stereocenters. The molecular formula is C20H28N4O. The van der Waals surface area contributed by atoms with Gasteiger partial charge in [-0.25, -0.2) is 9.97 Å². The highest BCUT2D eigenvalue weighted by atomic mass is 16.5. The Kier molecular flexibility index (Phi) is 5.87. The van der Waals surface area contributed by atoms with Crippen molar-refractivity contribution in [1.82, 2.24) is 14.9 Å². The molecule has 3 rings (SSSR count). The molecule has 1 N–H and O–H groups in total. The van der Waals surface area contributed by atoms with E-state index in [1.54, 1.807) is 7.11 Å². The van der Waals surface area contributed by atoms with Crippen LogP contribution in [0.4, 0.5) is 5.82 Å². The van der Waals surface area contributed by atoms with E-state index in [4.69, 9.17) is 4.74 Å². The maximum Gasteiger partial charge on any atom is 0.129 e. The summed E-state index contributed by atoms with van der Waals surface area (Å²) in [6.07, 6.45) is 2.46. The first kappa shape index (κ1) is 17.7. The number of likely N-dealkylation sites (tertiary alicyclic amines) is 1. The van der Waals surface area contributed by atoms with E-state index in [0.29, 0.717) is 5.92 Å². The molecule has 0 saturated carbocycles. The smallest absolute Gasteiger partial charge is 0.129 e. The first-order valence-electron chi connectivity index (χ1n) is 9.04. The van der Waals surface area contributed by atoms with Gasteiger partial charge in [0.2, 0.25) is 0 Å². The Morgan fingerprint density at radius 2 is 1.84 bits per heavy atom. The molecule has 2 aromatic rings. The molecule has 1 saturated heterocycles. The third-order valence-electron chi connectivity index (χ3n) is 4.81. The number of aromatic nitrogens is 2. The standard InChI is InChI=1S/C20H28N4O/c1-15-12-20(23-16(2)22-15)21-13-17-8-10-24(11-9-17)14-18-4-6-19(25-3)7-5-18/h4-7,12,17H,8-11,13-14H2,1-3H3,(H,21,22,23). The van der Waals surface area contributed by atoms with Crippen molar-refractivity contribution >= 4 is 5.82 Å². The summed E-state index contributed by atoms with van der Waals surface area (Å²) in [6.45, 7) is 8.27. The van der Waals surface area contributed by atoms with Crippen LogP contribution >= 0.6 is 0 Å². The largest absolute Gasteiger partial charge is 0.497 e. The van der Waals surface area contributed by atoms with Crippen molar-refractivity contribution in [3.8, 4) is 5.75 Å². The number of methoxy groups -OCH3 is 1. The zero-order valence-corrected chi connectivity index (χ0v) is 15.5. The second kappa shape index (κ2) is 8.30. The van der Waals surface area contributed by atoms with E-state index in [1.807, 2.05) is 32.0 Å². The van der Waals surface area contributed by atoms with Gasteiger partial charge in [-0.3, -0.25) is 4.90 Å². The van der Waals surface area contributed by atoms with Crippen molar-refractivity contribution in [1.29, 1.82) is 0 Å². The van der Waals surface area contributed by atoms with Gasteiger partial charge in [-0.1, -0.05) is 12.1 Å². The zero-order valence-electron chi connectivity index (χ0n) is 15.5. The summed E-state index contributed by atoms with van der Waals surface area (Å²) >= 11 is 0. The van der Waals surface area contributed by atoms with Crippen LogP contribution in [0.5, 0.6) is 5.75 Å². The first-order chi connectivity index (χ1) is 12.1. The minimum absolute atomic E-state index is 0.711. The van der Waals surface area contributed by atoms with E-state index < -0.39 is 0 Å². The average Bonchev–Trinajstić information content (AvgIpc) is 2.61. The van der Waals surface area contributed by atoms with Crippen molar-refractivity contribution in [3.63, 3.8) is 0 Å². The van der Waals surface area contributed by atoms with Gasteiger partial charge in [-0.2, -0.15) is 0 Å². The molecule has 1 aliphatic rings. The van der Waals surface area contributed by atoms with Crippen LogP contribution in [0.1, 0.15) is 29.9 Å². The zero-order chi connectivity index (χ0) is 17.6. The van der Waals surface area contributed by atoms with Crippen LogP contribution in [0.2, 0.25) is 0 Å². The minimum atomic E-state index is 0.711. The van der Waals surface area contributed by atoms with Gasteiger partial charge in [0.05, 0.1) is 7.11 Å². The Labute approximate surface area is 150 Å². The molecule has 1 fully saturated rings. The predicted octanol–water partition coefficient (Wildman–Crippen LogP) is 3.43. The van der Waals surface area contributed by atoms with Crippen molar-refractivity contribution in [2.24, 2.45) is 5.92 Å². The molecule has 5 nitrogen and oxygen atoms in total. The van der Waals surface area contributed by atoms with E-state index in [1.165, 1.54) is 18.4 Å². The van der Waals surface area contributed by atoms with Crippen molar-refractivity contribution in [3.05, 3.63) is 47.4 Å². The molecule has 0 amide bonds. The lowest BCUT2D eigenvalue weighted by atomic mass is 9.96. The summed E-state index contributed by atoms with van der Waals surface area (Å²) in [5.41, 5.74) is 2.37. The van der Waals surface area contributed by atoms with Crippen LogP contribution in [0.25, 0.3) is 0 Å². The molecule has 134 valence electrons. The minimum Gasteiger partial charge on any atom is -0.497 e. The third-order valence-corrected chi connectivity index (χ3v) is 4.81. The third kappa shape index (κ3) is 5.16. The Balaban J connectivity index is 1.43. The van der Waals surface area contributed by atoms with Crippen LogP contribution < -0.4 is 10.1 Å². The molecule has 25 heavy (non-hydrogen) atoms. The molecule has 1 aromatic carbocycles. The summed E-state index contributed by atoms with van der Waals surface area (Å²) in [7, 11) is 1.71. The number of ether oxygens (including phenoxy) is 1. The first-order valence-corrected chi connectivity index (χ1v) is 9.04. The van der Waals surface area contributed by atoms with Crippen molar-refractivity contribution < 1.29 is 4.74 Å². The van der Waals surface area contributed by atoms with Gasteiger partial charge in [0.15, 0.2) is 0 Å². The van der Waals surface area contributed by atoms with Crippen LogP contribution in [-0.4, -0.2) is 41.6 Å². The summed E-state index contributed by atoms with van der Waals surface area (Å²) in [6, 6.07) is 10.4. The fraction of sp³-hybridized carbons (Fsp3) is 0.500. The number of nitrogens with one attached hydrogen (secondary N) is 1. The Morgan fingerprint density at radius 1 is 1.12 bits per heavy atom. The number of anilines is 1. The average molecular weight is 340 g/mol. The number of aryl methyl sites for hydroxylation is 2. The van der Waals surface area contributed by atoms with E-state index in [0.717, 1.165) is 49.3 Å². The Hall–Kier alpha value is -2.14. The second-order valence-electron chi connectivity index (χ2n) is 6.89. The number of hydrogen-bond acceptors (Lipinski definition) is 5. The van der Waals surface area contributed by atoms with Gasteiger partial charge in [0.1, 0.15) is 17.4 Å². The normalized spacial score (nSPS) is 16.0. The molecular weight excluding hydrogens is 312 g/mol. The highest BCUT2D eigenvalue weighted by molar-refractivity contribution is 5.35. The van der Waals surface area contributed by atoms with Crippen LogP contribution in [-0.2, 0) is 6.54 Å². The van der Waals surface area contributed by atoms with Crippen LogP contribution in [0, 0.1) is 19.8 Å². The Morgan fingerprint density at radius 3 is 2.48 bits per heavy atom. The molecule has 5 heteroatoms. The number of piperidine rings is 1. The predicted molar refractivity (Wildman–Crippen MR) is 101 cm³/mol. The molecule has 0 atom stereocenters. The lowest BCUT2D eigenvalue weighted by Crippen LogP contribution is -2.35. The van der Waals surface area contributed by atoms with Crippen molar-refractivity contribution in [2.45, 2.75) is 33.2 Å². The SMILES string of the molecule is COc1ccc(CN2CCC(CNc3cc(C)nc(C)n3)CC2)cc1. The fourth-order valence-electron chi connectivity index (χ4n) is 3.39. The van der Waals surface area contributed by atoms with E-state index >= 15 is 0 Å². The summed E-state index contributed by atoms with van der Waals surface area (Å²) < 4.78 is 5.22. The molecule has 0 spiro atoms. The highest BCUT2D eigenvalue weighted by Gasteiger charge is 2.19. The van der Waals surface area contributed by atoms with Gasteiger partial charge < -0.3 is 10.1 Å². The monoisotopic (exact) mass is 340 g/mol. The van der Waals surface area contributed by atoms with Gasteiger partial charge in [0.25, 0.3) is 0 Å². The maximum absolute atomic E-state index is 5.22. The highest BCUT2D eigenvalue weighted by Crippen LogP contribution is 2.20. The summed E-state index contributed by atoms with van der Waals surface area (Å²) in [5, 5.41) is 3.49.